The van der Waals surface area contributed by atoms with Crippen molar-refractivity contribution in [2.75, 3.05) is 24.1 Å². The smallest absolute Gasteiger partial charge is 0.307 e. The Labute approximate surface area is 242 Å². The number of rotatable bonds is 8. The van der Waals surface area contributed by atoms with Gasteiger partial charge in [0.05, 0.1) is 12.6 Å². The number of aromatic nitrogens is 2. The van der Waals surface area contributed by atoms with Crippen molar-refractivity contribution in [1.29, 1.82) is 0 Å². The molecule has 13 heteroatoms. The minimum Gasteiger partial charge on any atom is -0.481 e. The van der Waals surface area contributed by atoms with E-state index < -0.39 is 34.9 Å². The molecule has 216 valence electrons. The number of hydrogen-bond donors (Lipinski definition) is 3. The average Bonchev–Trinajstić information content (AvgIpc) is 3.43. The number of nitrogen functional groups attached to an aromatic ring is 1. The van der Waals surface area contributed by atoms with E-state index in [0.717, 1.165) is 6.07 Å². The molecule has 1 amide bonds. The summed E-state index contributed by atoms with van der Waals surface area (Å²) >= 11 is 6.06. The normalized spacial score (nSPS) is 15.0. The van der Waals surface area contributed by atoms with Gasteiger partial charge in [0.2, 0.25) is 5.43 Å². The second-order valence-corrected chi connectivity index (χ2v) is 10.1. The van der Waals surface area contributed by atoms with Gasteiger partial charge in [0.1, 0.15) is 22.2 Å². The molecule has 42 heavy (non-hydrogen) atoms. The third kappa shape index (κ3) is 6.24. The maximum Gasteiger partial charge on any atom is 0.307 e. The minimum atomic E-state index is -0.888. The Morgan fingerprint density at radius 3 is 2.57 bits per heavy atom. The lowest BCUT2D eigenvalue weighted by Gasteiger charge is -2.19. The van der Waals surface area contributed by atoms with Crippen molar-refractivity contribution >= 4 is 35.0 Å². The second-order valence-electron chi connectivity index (χ2n) is 9.69. The average molecular weight is 596 g/mol. The lowest BCUT2D eigenvalue weighted by atomic mass is 10.0. The molecule has 0 aliphatic carbocycles. The topological polar surface area (TPSA) is 140 Å². The quantitative estimate of drug-likeness (QED) is 0.263. The van der Waals surface area contributed by atoms with Crippen LogP contribution >= 0.6 is 11.6 Å². The van der Waals surface area contributed by atoms with Crippen LogP contribution in [-0.4, -0.2) is 44.5 Å². The van der Waals surface area contributed by atoms with Crippen LogP contribution in [0.4, 0.5) is 20.3 Å². The van der Waals surface area contributed by atoms with Gasteiger partial charge < -0.3 is 25.5 Å². The van der Waals surface area contributed by atoms with Crippen LogP contribution in [0.3, 0.4) is 0 Å². The van der Waals surface area contributed by atoms with E-state index in [1.54, 1.807) is 4.57 Å². The van der Waals surface area contributed by atoms with Crippen LogP contribution in [-0.2, 0) is 11.5 Å². The molecule has 4 N–H and O–H groups in total. The molecule has 1 saturated heterocycles. The lowest BCUT2D eigenvalue weighted by molar-refractivity contribution is -0.141. The number of halogens is 3. The third-order valence-corrected chi connectivity index (χ3v) is 7.13. The molecule has 0 saturated carbocycles. The number of hydrogen-bond acceptors (Lipinski definition) is 7. The van der Waals surface area contributed by atoms with E-state index in [2.05, 4.69) is 10.3 Å². The highest BCUT2D eigenvalue weighted by Gasteiger charge is 2.28. The molecule has 10 nitrogen and oxygen atoms in total. The first-order valence-corrected chi connectivity index (χ1v) is 13.1. The molecule has 0 bridgehead atoms. The first-order valence-electron chi connectivity index (χ1n) is 12.7. The second kappa shape index (κ2) is 12.0. The number of nitrogens with zero attached hydrogens (tertiary/aromatic N) is 3. The summed E-state index contributed by atoms with van der Waals surface area (Å²) in [5.74, 6) is -3.61. The highest BCUT2D eigenvalue weighted by molar-refractivity contribution is 6.34. The Hall–Kier alpha value is -4.81. The molecule has 1 fully saturated rings. The van der Waals surface area contributed by atoms with Gasteiger partial charge in [0, 0.05) is 55.1 Å². The molecule has 1 atom stereocenters. The number of carboxylic acids is 1. The highest BCUT2D eigenvalue weighted by Crippen LogP contribution is 2.34. The molecular weight excluding hydrogens is 572 g/mol. The monoisotopic (exact) mass is 595 g/mol. The largest absolute Gasteiger partial charge is 0.481 e. The van der Waals surface area contributed by atoms with E-state index in [9.17, 15) is 28.3 Å². The van der Waals surface area contributed by atoms with Crippen LogP contribution in [0.5, 0.6) is 11.5 Å². The van der Waals surface area contributed by atoms with Crippen LogP contribution < -0.4 is 21.2 Å². The van der Waals surface area contributed by atoms with Gasteiger partial charge in [-0.15, -0.1) is 0 Å². The molecule has 0 spiro atoms. The van der Waals surface area contributed by atoms with Crippen molar-refractivity contribution in [3.8, 4) is 22.6 Å². The Morgan fingerprint density at radius 2 is 1.88 bits per heavy atom. The summed E-state index contributed by atoms with van der Waals surface area (Å²) in [4.78, 5) is 43.8. The third-order valence-electron chi connectivity index (χ3n) is 6.75. The molecule has 4 aromatic rings. The predicted octanol–water partition coefficient (Wildman–Crippen LogP) is 4.83. The van der Waals surface area contributed by atoms with Crippen molar-refractivity contribution in [2.45, 2.75) is 13.1 Å². The van der Waals surface area contributed by atoms with Crippen molar-refractivity contribution in [1.82, 2.24) is 14.5 Å². The molecule has 1 unspecified atom stereocenters. The van der Waals surface area contributed by atoms with E-state index in [-0.39, 0.29) is 45.8 Å². The fourth-order valence-corrected chi connectivity index (χ4v) is 4.75. The van der Waals surface area contributed by atoms with Crippen molar-refractivity contribution in [3.63, 3.8) is 0 Å². The van der Waals surface area contributed by atoms with Gasteiger partial charge in [0.15, 0.2) is 17.3 Å². The molecule has 2 aromatic carbocycles. The number of amides is 1. The Morgan fingerprint density at radius 1 is 1.12 bits per heavy atom. The summed E-state index contributed by atoms with van der Waals surface area (Å²) in [6.07, 6.45) is 4.70. The summed E-state index contributed by atoms with van der Waals surface area (Å²) in [6.45, 7) is 1.03. The van der Waals surface area contributed by atoms with Crippen LogP contribution in [0.25, 0.3) is 11.1 Å². The van der Waals surface area contributed by atoms with Gasteiger partial charge in [-0.2, -0.15) is 0 Å². The number of likely N-dealkylation sites (tertiary alicyclic amines) is 1. The number of benzene rings is 2. The maximum atomic E-state index is 14.9. The van der Waals surface area contributed by atoms with Gasteiger partial charge in [-0.25, -0.2) is 13.8 Å². The SMILES string of the molecule is Nc1nccc(Oc2ccc(NC(=O)c3cn(CN4CCC(C(=O)O)C4)cc(-c4ccc(F)cc4)c3=O)cc2F)c1Cl. The molecule has 5 rings (SSSR count). The Balaban J connectivity index is 1.42. The number of carboxylic acid groups (broad SMARTS) is 1. The molecule has 2 aromatic heterocycles. The van der Waals surface area contributed by atoms with Gasteiger partial charge >= 0.3 is 5.97 Å². The molecule has 1 aliphatic heterocycles. The fraction of sp³-hybridized carbons (Fsp3) is 0.172. The zero-order valence-corrected chi connectivity index (χ0v) is 22.6. The van der Waals surface area contributed by atoms with Crippen LogP contribution in [0.15, 0.2) is 71.9 Å². The van der Waals surface area contributed by atoms with Crippen molar-refractivity contribution < 1.29 is 28.2 Å². The van der Waals surface area contributed by atoms with Gasteiger partial charge in [-0.05, 0) is 36.2 Å². The van der Waals surface area contributed by atoms with E-state index in [4.69, 9.17) is 22.1 Å². The minimum absolute atomic E-state index is 0.0124. The van der Waals surface area contributed by atoms with E-state index in [0.29, 0.717) is 25.1 Å². The Kier molecular flexibility index (Phi) is 8.18. The number of nitrogens with two attached hydrogens (primary N) is 1. The highest BCUT2D eigenvalue weighted by atomic mass is 35.5. The van der Waals surface area contributed by atoms with E-state index in [1.165, 1.54) is 61.1 Å². The first-order chi connectivity index (χ1) is 20.1. The van der Waals surface area contributed by atoms with Crippen LogP contribution in [0.2, 0.25) is 5.02 Å². The van der Waals surface area contributed by atoms with E-state index in [1.807, 2.05) is 4.90 Å². The summed E-state index contributed by atoms with van der Waals surface area (Å²) in [5, 5.41) is 11.9. The van der Waals surface area contributed by atoms with E-state index >= 15 is 0 Å². The first kappa shape index (κ1) is 28.7. The number of carbonyl (C=O) groups excluding carboxylic acids is 1. The molecule has 0 radical (unpaired) electrons. The van der Waals surface area contributed by atoms with Crippen LogP contribution in [0.1, 0.15) is 16.8 Å². The number of nitrogens with one attached hydrogen (secondary N) is 1. The fourth-order valence-electron chi connectivity index (χ4n) is 4.60. The lowest BCUT2D eigenvalue weighted by Crippen LogP contribution is -2.29. The number of pyridine rings is 2. The number of anilines is 2. The molecule has 1 aliphatic rings. The predicted molar refractivity (Wildman–Crippen MR) is 151 cm³/mol. The zero-order chi connectivity index (χ0) is 30.0. The number of aliphatic carboxylic acids is 1. The summed E-state index contributed by atoms with van der Waals surface area (Å²) < 4.78 is 35.6. The summed E-state index contributed by atoms with van der Waals surface area (Å²) in [6, 6.07) is 10.3. The number of carbonyl (C=O) groups is 2. The zero-order valence-electron chi connectivity index (χ0n) is 21.9. The van der Waals surface area contributed by atoms with Gasteiger partial charge in [-0.3, -0.25) is 19.3 Å². The maximum absolute atomic E-state index is 14.9. The van der Waals surface area contributed by atoms with Crippen molar-refractivity contribution in [2.24, 2.45) is 5.92 Å². The standard InChI is InChI=1S/C29H24ClF2N5O5/c30-25-24(7-9-34-27(25)33)42-23-6-5-19(11-22(23)32)35-28(39)21-14-37(15-36-10-8-17(12-36)29(40)41)13-20(26(21)38)16-1-3-18(31)4-2-16/h1-7,9,11,13-14,17H,8,10,12,15H2,(H2,33,34)(H,35,39)(H,40,41). The molecular formula is C29H24ClF2N5O5. The Bertz CT molecular complexity index is 1730. The summed E-state index contributed by atoms with van der Waals surface area (Å²) in [5.41, 5.74) is 5.36. The summed E-state index contributed by atoms with van der Waals surface area (Å²) in [7, 11) is 0. The molecule has 3 heterocycles. The van der Waals surface area contributed by atoms with Gasteiger partial charge in [0.25, 0.3) is 5.91 Å². The van der Waals surface area contributed by atoms with Gasteiger partial charge in [-0.1, -0.05) is 23.7 Å². The number of ether oxygens (including phenoxy) is 1. The van der Waals surface area contributed by atoms with Crippen LogP contribution in [0, 0.1) is 17.6 Å². The van der Waals surface area contributed by atoms with Crippen molar-refractivity contribution in [3.05, 3.63) is 99.6 Å².